The molecular formula is C19H22N6O3. The highest BCUT2D eigenvalue weighted by Crippen LogP contribution is 2.38. The molecule has 3 aromatic rings. The number of amides is 1. The van der Waals surface area contributed by atoms with Crippen molar-refractivity contribution in [2.75, 3.05) is 6.54 Å². The largest absolute Gasteiger partial charge is 0.354 e. The van der Waals surface area contributed by atoms with Crippen molar-refractivity contribution >= 4 is 5.91 Å². The second kappa shape index (κ2) is 7.79. The van der Waals surface area contributed by atoms with Crippen molar-refractivity contribution in [2.24, 2.45) is 0 Å². The lowest BCUT2D eigenvalue weighted by Crippen LogP contribution is -2.34. The maximum Gasteiger partial charge on any atom is 0.346 e. The number of hydrogen-bond acceptors (Lipinski definition) is 6. The number of aromatic nitrogens is 5. The summed E-state index contributed by atoms with van der Waals surface area (Å²) in [7, 11) is 0. The molecule has 146 valence electrons. The molecule has 0 saturated heterocycles. The van der Waals surface area contributed by atoms with Gasteiger partial charge in [0, 0.05) is 31.0 Å². The molecule has 2 aromatic heterocycles. The van der Waals surface area contributed by atoms with Gasteiger partial charge in [-0.3, -0.25) is 9.36 Å². The highest BCUT2D eigenvalue weighted by molar-refractivity contribution is 5.75. The summed E-state index contributed by atoms with van der Waals surface area (Å²) in [6, 6.07) is 9.45. The van der Waals surface area contributed by atoms with Gasteiger partial charge in [-0.1, -0.05) is 35.5 Å². The summed E-state index contributed by atoms with van der Waals surface area (Å²) in [5.41, 5.74) is 0.535. The van der Waals surface area contributed by atoms with E-state index in [9.17, 15) is 9.59 Å². The summed E-state index contributed by atoms with van der Waals surface area (Å²) in [6.45, 7) is 2.59. The average Bonchev–Trinajstić information content (AvgIpc) is 3.37. The minimum absolute atomic E-state index is 0.134. The molecule has 9 nitrogen and oxygen atoms in total. The maximum atomic E-state index is 12.5. The molecule has 0 bridgehead atoms. The Morgan fingerprint density at radius 2 is 2.07 bits per heavy atom. The number of hydrogen-bond donors (Lipinski definition) is 1. The first-order chi connectivity index (χ1) is 13.7. The van der Waals surface area contributed by atoms with Crippen LogP contribution in [0.15, 0.2) is 39.6 Å². The van der Waals surface area contributed by atoms with Crippen LogP contribution < -0.4 is 11.0 Å². The first-order valence-corrected chi connectivity index (χ1v) is 9.48. The van der Waals surface area contributed by atoms with E-state index in [1.807, 2.05) is 37.3 Å². The maximum absolute atomic E-state index is 12.5. The predicted octanol–water partition coefficient (Wildman–Crippen LogP) is 1.35. The van der Waals surface area contributed by atoms with Gasteiger partial charge in [0.1, 0.15) is 6.54 Å². The van der Waals surface area contributed by atoms with Crippen molar-refractivity contribution < 1.29 is 9.32 Å². The van der Waals surface area contributed by atoms with Gasteiger partial charge in [-0.2, -0.15) is 4.98 Å². The molecule has 1 N–H and O–H groups in total. The SMILES string of the molecule is CCn1c(-c2ccccc2)nn(CC(=O)NCCc2noc(C3CC3)n2)c1=O. The number of nitrogens with zero attached hydrogens (tertiary/aromatic N) is 5. The Morgan fingerprint density at radius 1 is 1.29 bits per heavy atom. The minimum atomic E-state index is -0.302. The fraction of sp³-hybridized carbons (Fsp3) is 0.421. The lowest BCUT2D eigenvalue weighted by Gasteiger charge is -2.02. The van der Waals surface area contributed by atoms with Crippen molar-refractivity contribution in [1.82, 2.24) is 29.8 Å². The first-order valence-electron chi connectivity index (χ1n) is 9.48. The third-order valence-corrected chi connectivity index (χ3v) is 4.65. The van der Waals surface area contributed by atoms with E-state index in [1.54, 1.807) is 4.57 Å². The second-order valence-electron chi connectivity index (χ2n) is 6.80. The molecule has 1 fully saturated rings. The molecule has 9 heteroatoms. The first kappa shape index (κ1) is 18.1. The van der Waals surface area contributed by atoms with E-state index in [-0.39, 0.29) is 18.1 Å². The minimum Gasteiger partial charge on any atom is -0.354 e. The smallest absolute Gasteiger partial charge is 0.346 e. The third-order valence-electron chi connectivity index (χ3n) is 4.65. The molecule has 0 radical (unpaired) electrons. The fourth-order valence-electron chi connectivity index (χ4n) is 3.00. The standard InChI is InChI=1S/C19H22N6O3/c1-2-24-17(13-6-4-3-5-7-13)22-25(19(24)27)12-16(26)20-11-10-15-21-18(28-23-15)14-8-9-14/h3-7,14H,2,8-12H2,1H3,(H,20,26). The van der Waals surface area contributed by atoms with E-state index >= 15 is 0 Å². The van der Waals surface area contributed by atoms with Crippen molar-refractivity contribution in [3.63, 3.8) is 0 Å². The second-order valence-corrected chi connectivity index (χ2v) is 6.80. The Hall–Kier alpha value is -3.23. The molecule has 1 amide bonds. The summed E-state index contributed by atoms with van der Waals surface area (Å²) in [5.74, 6) is 1.95. The van der Waals surface area contributed by atoms with E-state index in [1.165, 1.54) is 4.68 Å². The van der Waals surface area contributed by atoms with Gasteiger partial charge in [-0.15, -0.1) is 5.10 Å². The molecule has 0 atom stereocenters. The van der Waals surface area contributed by atoms with E-state index in [4.69, 9.17) is 4.52 Å². The summed E-state index contributed by atoms with van der Waals surface area (Å²) >= 11 is 0. The van der Waals surface area contributed by atoms with Crippen LogP contribution >= 0.6 is 0 Å². The molecule has 1 aliphatic carbocycles. The molecule has 0 spiro atoms. The van der Waals surface area contributed by atoms with Crippen LogP contribution in [-0.4, -0.2) is 36.9 Å². The van der Waals surface area contributed by atoms with Gasteiger partial charge in [-0.05, 0) is 19.8 Å². The molecular weight excluding hydrogens is 360 g/mol. The molecule has 2 heterocycles. The van der Waals surface area contributed by atoms with Gasteiger partial charge in [0.25, 0.3) is 0 Å². The quantitative estimate of drug-likeness (QED) is 0.630. The van der Waals surface area contributed by atoms with Gasteiger partial charge in [0.05, 0.1) is 0 Å². The number of nitrogens with one attached hydrogen (secondary N) is 1. The van der Waals surface area contributed by atoms with Crippen molar-refractivity contribution in [3.8, 4) is 11.4 Å². The van der Waals surface area contributed by atoms with Crippen LogP contribution in [0.4, 0.5) is 0 Å². The van der Waals surface area contributed by atoms with Gasteiger partial charge in [-0.25, -0.2) is 9.48 Å². The van der Waals surface area contributed by atoms with E-state index in [0.717, 1.165) is 18.4 Å². The normalized spacial score (nSPS) is 13.6. The van der Waals surface area contributed by atoms with Crippen LogP contribution in [0.5, 0.6) is 0 Å². The Bertz CT molecular complexity index is 1020. The van der Waals surface area contributed by atoms with E-state index in [0.29, 0.717) is 43.0 Å². The van der Waals surface area contributed by atoms with Crippen LogP contribution in [0.2, 0.25) is 0 Å². The highest BCUT2D eigenvalue weighted by Gasteiger charge is 2.29. The lowest BCUT2D eigenvalue weighted by molar-refractivity contribution is -0.121. The van der Waals surface area contributed by atoms with E-state index < -0.39 is 0 Å². The molecule has 0 aliphatic heterocycles. The predicted molar refractivity (Wildman–Crippen MR) is 101 cm³/mol. The molecule has 1 saturated carbocycles. The molecule has 0 unspecified atom stereocenters. The van der Waals surface area contributed by atoms with Gasteiger partial charge in [0.2, 0.25) is 11.8 Å². The van der Waals surface area contributed by atoms with Crippen LogP contribution in [0.1, 0.15) is 37.4 Å². The van der Waals surface area contributed by atoms with Gasteiger partial charge < -0.3 is 9.84 Å². The zero-order valence-corrected chi connectivity index (χ0v) is 15.7. The van der Waals surface area contributed by atoms with Crippen molar-refractivity contribution in [2.45, 2.75) is 45.2 Å². The summed E-state index contributed by atoms with van der Waals surface area (Å²) in [5, 5.41) is 11.1. The summed E-state index contributed by atoms with van der Waals surface area (Å²) in [6.07, 6.45) is 2.68. The zero-order chi connectivity index (χ0) is 19.5. The zero-order valence-electron chi connectivity index (χ0n) is 15.7. The average molecular weight is 382 g/mol. The number of rotatable bonds is 8. The van der Waals surface area contributed by atoms with Gasteiger partial charge >= 0.3 is 5.69 Å². The van der Waals surface area contributed by atoms with Crippen LogP contribution in [-0.2, 0) is 24.3 Å². The Labute approximate surface area is 161 Å². The number of carbonyl (C=O) groups excluding carboxylic acids is 1. The lowest BCUT2D eigenvalue weighted by atomic mass is 10.2. The van der Waals surface area contributed by atoms with Crippen molar-refractivity contribution in [1.29, 1.82) is 0 Å². The van der Waals surface area contributed by atoms with Crippen LogP contribution in [0.3, 0.4) is 0 Å². The molecule has 4 rings (SSSR count). The Balaban J connectivity index is 1.37. The Morgan fingerprint density at radius 3 is 2.79 bits per heavy atom. The third kappa shape index (κ3) is 3.88. The van der Waals surface area contributed by atoms with E-state index in [2.05, 4.69) is 20.6 Å². The number of carbonyl (C=O) groups is 1. The summed E-state index contributed by atoms with van der Waals surface area (Å²) in [4.78, 5) is 29.1. The molecule has 1 aromatic carbocycles. The highest BCUT2D eigenvalue weighted by atomic mass is 16.5. The van der Waals surface area contributed by atoms with Gasteiger partial charge in [0.15, 0.2) is 11.6 Å². The Kier molecular flexibility index (Phi) is 5.05. The topological polar surface area (TPSA) is 108 Å². The van der Waals surface area contributed by atoms with Crippen LogP contribution in [0.25, 0.3) is 11.4 Å². The monoisotopic (exact) mass is 382 g/mol. The van der Waals surface area contributed by atoms with Crippen molar-refractivity contribution in [3.05, 3.63) is 52.5 Å². The fourth-order valence-corrected chi connectivity index (χ4v) is 3.00. The van der Waals surface area contributed by atoms with Crippen LogP contribution in [0, 0.1) is 0 Å². The summed E-state index contributed by atoms with van der Waals surface area (Å²) < 4.78 is 7.95. The number of benzene rings is 1. The molecule has 28 heavy (non-hydrogen) atoms. The molecule has 1 aliphatic rings.